The average molecular weight is 421 g/mol. The van der Waals surface area contributed by atoms with E-state index in [1.807, 2.05) is 38.1 Å². The number of carbonyl (C=O) groups is 3. The normalized spacial score (nSPS) is 30.0. The second kappa shape index (κ2) is 6.99. The molecule has 5 rings (SSSR count). The highest BCUT2D eigenvalue weighted by molar-refractivity contribution is 6.15. The third kappa shape index (κ3) is 2.69. The van der Waals surface area contributed by atoms with Gasteiger partial charge in [0.15, 0.2) is 0 Å². The van der Waals surface area contributed by atoms with Gasteiger partial charge >= 0.3 is 0 Å². The minimum Gasteiger partial charge on any atom is -0.324 e. The van der Waals surface area contributed by atoms with E-state index in [2.05, 4.69) is 10.6 Å². The van der Waals surface area contributed by atoms with Gasteiger partial charge in [0, 0.05) is 17.3 Å². The molecule has 3 amide bonds. The molecule has 5 atom stereocenters. The minimum atomic E-state index is -1.26. The van der Waals surface area contributed by atoms with Crippen LogP contribution >= 0.6 is 0 Å². The van der Waals surface area contributed by atoms with Crippen molar-refractivity contribution in [2.75, 3.05) is 5.32 Å². The van der Waals surface area contributed by atoms with Gasteiger partial charge in [-0.05, 0) is 29.7 Å². The zero-order valence-corrected chi connectivity index (χ0v) is 17.4. The van der Waals surface area contributed by atoms with E-state index in [1.165, 1.54) is 17.0 Å². The summed E-state index contributed by atoms with van der Waals surface area (Å²) in [6.45, 7) is 4.14. The standard InChI is InChI=1S/C24H24FN3O3/c1-3-13(2)20-18-19(24(27-20)16-6-4-5-7-17(16)26-23(24)31)22(30)28(21(18)29)12-14-8-10-15(25)11-9-14/h4-11,13,18-20,27H,3,12H2,1-2H3,(H,26,31)/t13-,18-,19-,20-,24+/m0/s1. The highest BCUT2D eigenvalue weighted by atomic mass is 19.1. The van der Waals surface area contributed by atoms with Gasteiger partial charge in [-0.2, -0.15) is 0 Å². The SMILES string of the molecule is CC[C@H](C)[C@@H]1N[C@@]2(C(=O)Nc3ccccc32)[C@@H]2C(=O)N(Cc3ccc(F)cc3)C(=O)[C@H]12. The van der Waals surface area contributed by atoms with Crippen molar-refractivity contribution in [2.24, 2.45) is 17.8 Å². The minimum absolute atomic E-state index is 0.0670. The van der Waals surface area contributed by atoms with Gasteiger partial charge in [0.2, 0.25) is 17.7 Å². The van der Waals surface area contributed by atoms with Crippen molar-refractivity contribution in [3.8, 4) is 0 Å². The van der Waals surface area contributed by atoms with Gasteiger partial charge in [-0.3, -0.25) is 24.6 Å². The number of nitrogens with zero attached hydrogens (tertiary/aromatic N) is 1. The zero-order chi connectivity index (χ0) is 21.9. The number of carbonyl (C=O) groups excluding carboxylic acids is 3. The van der Waals surface area contributed by atoms with E-state index in [1.54, 1.807) is 12.1 Å². The van der Waals surface area contributed by atoms with Gasteiger partial charge in [0.1, 0.15) is 11.4 Å². The summed E-state index contributed by atoms with van der Waals surface area (Å²) in [4.78, 5) is 41.7. The molecule has 2 saturated heterocycles. The Morgan fingerprint density at radius 3 is 2.48 bits per heavy atom. The van der Waals surface area contributed by atoms with Crippen molar-refractivity contribution in [1.82, 2.24) is 10.2 Å². The molecule has 3 aliphatic heterocycles. The van der Waals surface area contributed by atoms with E-state index in [0.717, 1.165) is 6.42 Å². The molecule has 2 fully saturated rings. The highest BCUT2D eigenvalue weighted by Crippen LogP contribution is 2.54. The van der Waals surface area contributed by atoms with E-state index in [0.29, 0.717) is 16.8 Å². The summed E-state index contributed by atoms with van der Waals surface area (Å²) in [6, 6.07) is 12.8. The first-order valence-corrected chi connectivity index (χ1v) is 10.7. The summed E-state index contributed by atoms with van der Waals surface area (Å²) in [6.07, 6.45) is 0.805. The maximum atomic E-state index is 13.7. The summed E-state index contributed by atoms with van der Waals surface area (Å²) in [5.74, 6) is -2.65. The Balaban J connectivity index is 1.60. The van der Waals surface area contributed by atoms with Crippen LogP contribution in [-0.2, 0) is 26.5 Å². The van der Waals surface area contributed by atoms with Gasteiger partial charge in [-0.1, -0.05) is 50.6 Å². The molecule has 160 valence electrons. The number of hydrogen-bond acceptors (Lipinski definition) is 4. The molecule has 2 aromatic rings. The smallest absolute Gasteiger partial charge is 0.250 e. The molecule has 3 aliphatic rings. The van der Waals surface area contributed by atoms with Crippen LogP contribution in [0.3, 0.4) is 0 Å². The van der Waals surface area contributed by atoms with E-state index in [9.17, 15) is 18.8 Å². The molecule has 0 radical (unpaired) electrons. The Kier molecular flexibility index (Phi) is 4.48. The summed E-state index contributed by atoms with van der Waals surface area (Å²) < 4.78 is 13.3. The lowest BCUT2D eigenvalue weighted by atomic mass is 9.75. The number of hydrogen-bond donors (Lipinski definition) is 2. The van der Waals surface area contributed by atoms with E-state index >= 15 is 0 Å². The number of fused-ring (bicyclic) bond motifs is 4. The van der Waals surface area contributed by atoms with Crippen molar-refractivity contribution >= 4 is 23.4 Å². The van der Waals surface area contributed by atoms with Crippen LogP contribution in [-0.4, -0.2) is 28.7 Å². The number of imide groups is 1. The monoisotopic (exact) mass is 421 g/mol. The number of rotatable bonds is 4. The molecule has 31 heavy (non-hydrogen) atoms. The number of amides is 3. The van der Waals surface area contributed by atoms with Crippen molar-refractivity contribution in [1.29, 1.82) is 0 Å². The second-order valence-corrected chi connectivity index (χ2v) is 8.76. The first-order chi connectivity index (χ1) is 14.9. The molecule has 0 unspecified atom stereocenters. The van der Waals surface area contributed by atoms with Crippen LogP contribution in [0.5, 0.6) is 0 Å². The Morgan fingerprint density at radius 1 is 1.06 bits per heavy atom. The zero-order valence-electron chi connectivity index (χ0n) is 17.4. The van der Waals surface area contributed by atoms with E-state index in [-0.39, 0.29) is 42.0 Å². The summed E-state index contributed by atoms with van der Waals surface area (Å²) in [5, 5.41) is 6.35. The highest BCUT2D eigenvalue weighted by Gasteiger charge is 2.70. The van der Waals surface area contributed by atoms with Gasteiger partial charge in [0.05, 0.1) is 18.4 Å². The molecule has 0 bridgehead atoms. The molecule has 0 aromatic heterocycles. The number of nitrogens with one attached hydrogen (secondary N) is 2. The van der Waals surface area contributed by atoms with Crippen LogP contribution in [0, 0.1) is 23.6 Å². The molecule has 2 N–H and O–H groups in total. The Morgan fingerprint density at radius 2 is 1.77 bits per heavy atom. The molecule has 3 heterocycles. The number of para-hydroxylation sites is 1. The number of anilines is 1. The van der Waals surface area contributed by atoms with Crippen molar-refractivity contribution in [2.45, 2.75) is 38.4 Å². The van der Waals surface area contributed by atoms with Crippen LogP contribution in [0.2, 0.25) is 0 Å². The van der Waals surface area contributed by atoms with Crippen LogP contribution in [0.4, 0.5) is 10.1 Å². The molecule has 7 heteroatoms. The fourth-order valence-electron chi connectivity index (χ4n) is 5.42. The predicted octanol–water partition coefficient (Wildman–Crippen LogP) is 2.79. The summed E-state index contributed by atoms with van der Waals surface area (Å²) in [5.41, 5.74) is 0.785. The Labute approximate surface area is 179 Å². The maximum absolute atomic E-state index is 13.7. The third-order valence-corrected chi connectivity index (χ3v) is 7.16. The molecule has 2 aromatic carbocycles. The van der Waals surface area contributed by atoms with Gasteiger partial charge in [-0.25, -0.2) is 4.39 Å². The van der Waals surface area contributed by atoms with Gasteiger partial charge in [-0.15, -0.1) is 0 Å². The van der Waals surface area contributed by atoms with E-state index in [4.69, 9.17) is 0 Å². The molecular formula is C24H24FN3O3. The van der Waals surface area contributed by atoms with Crippen LogP contribution in [0.25, 0.3) is 0 Å². The first kappa shape index (κ1) is 19.9. The average Bonchev–Trinajstić information content (AvgIpc) is 3.36. The van der Waals surface area contributed by atoms with Crippen molar-refractivity contribution in [3.05, 3.63) is 65.5 Å². The summed E-state index contributed by atoms with van der Waals surface area (Å²) in [7, 11) is 0. The quantitative estimate of drug-likeness (QED) is 0.745. The first-order valence-electron chi connectivity index (χ1n) is 10.7. The number of halogens is 1. The van der Waals surface area contributed by atoms with Crippen LogP contribution < -0.4 is 10.6 Å². The fraction of sp³-hybridized carbons (Fsp3) is 0.375. The van der Waals surface area contributed by atoms with Crippen LogP contribution in [0.1, 0.15) is 31.4 Å². The Hall–Kier alpha value is -3.06. The number of benzene rings is 2. The lowest BCUT2D eigenvalue weighted by Crippen LogP contribution is -2.54. The topological polar surface area (TPSA) is 78.5 Å². The lowest BCUT2D eigenvalue weighted by Gasteiger charge is -2.30. The Bertz CT molecular complexity index is 1090. The predicted molar refractivity (Wildman–Crippen MR) is 112 cm³/mol. The van der Waals surface area contributed by atoms with Crippen molar-refractivity contribution < 1.29 is 18.8 Å². The molecule has 6 nitrogen and oxygen atoms in total. The van der Waals surface area contributed by atoms with Crippen molar-refractivity contribution in [3.63, 3.8) is 0 Å². The number of likely N-dealkylation sites (tertiary alicyclic amines) is 1. The lowest BCUT2D eigenvalue weighted by molar-refractivity contribution is -0.143. The summed E-state index contributed by atoms with van der Waals surface area (Å²) >= 11 is 0. The molecule has 0 saturated carbocycles. The van der Waals surface area contributed by atoms with Gasteiger partial charge in [0.25, 0.3) is 0 Å². The van der Waals surface area contributed by atoms with Gasteiger partial charge < -0.3 is 5.32 Å². The largest absolute Gasteiger partial charge is 0.324 e. The third-order valence-electron chi connectivity index (χ3n) is 7.16. The fourth-order valence-corrected chi connectivity index (χ4v) is 5.42. The molecule has 1 spiro atoms. The molecule has 0 aliphatic carbocycles. The second-order valence-electron chi connectivity index (χ2n) is 8.76. The van der Waals surface area contributed by atoms with E-state index < -0.39 is 17.4 Å². The molecular weight excluding hydrogens is 397 g/mol. The van der Waals surface area contributed by atoms with Crippen LogP contribution in [0.15, 0.2) is 48.5 Å². The maximum Gasteiger partial charge on any atom is 0.250 e.